The van der Waals surface area contributed by atoms with Gasteiger partial charge < -0.3 is 13.7 Å². The van der Waals surface area contributed by atoms with E-state index in [9.17, 15) is 0 Å². The summed E-state index contributed by atoms with van der Waals surface area (Å²) in [7, 11) is 0. The third kappa shape index (κ3) is 4.19. The predicted octanol–water partition coefficient (Wildman–Crippen LogP) is 10.9. The van der Waals surface area contributed by atoms with Gasteiger partial charge in [-0.05, 0) is 83.9 Å². The Bertz CT molecular complexity index is 2150. The molecule has 0 atom stereocenters. The number of fused-ring (bicyclic) bond motifs is 4. The van der Waals surface area contributed by atoms with E-state index in [1.807, 2.05) is 54.6 Å². The molecule has 0 radical (unpaired) electrons. The first kappa shape index (κ1) is 25.0. The van der Waals surface area contributed by atoms with Crippen molar-refractivity contribution >= 4 is 51.0 Å². The van der Waals surface area contributed by atoms with Crippen molar-refractivity contribution < 1.29 is 8.83 Å². The first-order chi connectivity index (χ1) is 21.8. The molecule has 0 saturated carbocycles. The van der Waals surface area contributed by atoms with Gasteiger partial charge in [0.2, 0.25) is 11.8 Å². The standard InChI is InChI=1S/C38H23N3O2S/c1-2-9-24(10-3-1)25-11-8-12-28(21-25)41-31-19-17-26(37-39-29-13-4-6-15-33(29)42-37)22-35(31)44-36-23-27(18-20-32(36)41)38-40-30-14-5-7-16-34(30)43-38/h1-23H. The molecule has 0 amide bonds. The Kier molecular flexibility index (Phi) is 5.67. The van der Waals surface area contributed by atoms with Crippen LogP contribution in [0.4, 0.5) is 17.1 Å². The van der Waals surface area contributed by atoms with E-state index < -0.39 is 0 Å². The summed E-state index contributed by atoms with van der Waals surface area (Å²) in [5, 5.41) is 0. The molecule has 0 spiro atoms. The summed E-state index contributed by atoms with van der Waals surface area (Å²) in [6.45, 7) is 0. The number of anilines is 3. The van der Waals surface area contributed by atoms with Crippen LogP contribution in [0, 0.1) is 0 Å². The molecule has 0 aliphatic carbocycles. The lowest BCUT2D eigenvalue weighted by Gasteiger charge is -2.33. The maximum atomic E-state index is 6.14. The van der Waals surface area contributed by atoms with Gasteiger partial charge in [-0.2, -0.15) is 0 Å². The molecule has 1 aliphatic rings. The van der Waals surface area contributed by atoms with Gasteiger partial charge in [0.1, 0.15) is 11.0 Å². The molecular weight excluding hydrogens is 563 g/mol. The van der Waals surface area contributed by atoms with Gasteiger partial charge in [-0.1, -0.05) is 78.5 Å². The van der Waals surface area contributed by atoms with Gasteiger partial charge in [-0.25, -0.2) is 9.97 Å². The zero-order chi connectivity index (χ0) is 29.0. The Morgan fingerprint density at radius 1 is 0.455 bits per heavy atom. The summed E-state index contributed by atoms with van der Waals surface area (Å²) in [5.74, 6) is 1.22. The topological polar surface area (TPSA) is 55.3 Å². The van der Waals surface area contributed by atoms with Crippen molar-refractivity contribution in [3.8, 4) is 34.0 Å². The average molecular weight is 586 g/mol. The van der Waals surface area contributed by atoms with Crippen LogP contribution in [0.3, 0.4) is 0 Å². The number of aromatic nitrogens is 2. The summed E-state index contributed by atoms with van der Waals surface area (Å²) < 4.78 is 12.3. The van der Waals surface area contributed by atoms with Crippen molar-refractivity contribution in [1.82, 2.24) is 9.97 Å². The molecule has 0 saturated heterocycles. The smallest absolute Gasteiger partial charge is 0.227 e. The van der Waals surface area contributed by atoms with E-state index >= 15 is 0 Å². The van der Waals surface area contributed by atoms with Crippen LogP contribution in [0.15, 0.2) is 158 Å². The molecule has 3 heterocycles. The highest BCUT2D eigenvalue weighted by Crippen LogP contribution is 2.53. The lowest BCUT2D eigenvalue weighted by Crippen LogP contribution is -2.15. The summed E-state index contributed by atoms with van der Waals surface area (Å²) in [5.41, 5.74) is 10.7. The van der Waals surface area contributed by atoms with E-state index in [1.54, 1.807) is 11.8 Å². The molecule has 6 heteroatoms. The molecule has 9 rings (SSSR count). The fourth-order valence-electron chi connectivity index (χ4n) is 5.80. The van der Waals surface area contributed by atoms with Crippen LogP contribution >= 0.6 is 11.8 Å². The van der Waals surface area contributed by atoms with Crippen molar-refractivity contribution in [2.75, 3.05) is 4.90 Å². The number of rotatable bonds is 4. The maximum absolute atomic E-state index is 6.14. The average Bonchev–Trinajstić information content (AvgIpc) is 3.72. The summed E-state index contributed by atoms with van der Waals surface area (Å²) in [6, 6.07) is 47.8. The molecule has 8 aromatic rings. The SMILES string of the molecule is c1ccc(-c2cccc(N3c4ccc(-c5nc6ccccc6o5)cc4Sc4cc(-c5nc6ccccc6o5)ccc43)c2)cc1. The van der Waals surface area contributed by atoms with Crippen LogP contribution < -0.4 is 4.90 Å². The van der Waals surface area contributed by atoms with Crippen molar-refractivity contribution in [2.45, 2.75) is 9.79 Å². The Morgan fingerprint density at radius 2 is 1.00 bits per heavy atom. The molecule has 2 aromatic heterocycles. The van der Waals surface area contributed by atoms with Crippen LogP contribution in [-0.2, 0) is 0 Å². The van der Waals surface area contributed by atoms with Crippen molar-refractivity contribution in [3.63, 3.8) is 0 Å². The highest BCUT2D eigenvalue weighted by atomic mass is 32.2. The monoisotopic (exact) mass is 585 g/mol. The number of para-hydroxylation sites is 4. The number of oxazole rings is 2. The lowest BCUT2D eigenvalue weighted by atomic mass is 10.0. The number of hydrogen-bond acceptors (Lipinski definition) is 6. The van der Waals surface area contributed by atoms with Crippen LogP contribution in [0.2, 0.25) is 0 Å². The summed E-state index contributed by atoms with van der Waals surface area (Å²) in [6.07, 6.45) is 0. The van der Waals surface area contributed by atoms with E-state index in [0.717, 1.165) is 65.7 Å². The van der Waals surface area contributed by atoms with Gasteiger partial charge in [0, 0.05) is 26.6 Å². The van der Waals surface area contributed by atoms with Crippen molar-refractivity contribution in [3.05, 3.63) is 140 Å². The largest absolute Gasteiger partial charge is 0.436 e. The second-order valence-electron chi connectivity index (χ2n) is 10.7. The summed E-state index contributed by atoms with van der Waals surface area (Å²) >= 11 is 1.73. The molecule has 5 nitrogen and oxygen atoms in total. The van der Waals surface area contributed by atoms with E-state index in [4.69, 9.17) is 18.8 Å². The fraction of sp³-hybridized carbons (Fsp3) is 0. The number of hydrogen-bond donors (Lipinski definition) is 0. The van der Waals surface area contributed by atoms with Gasteiger partial charge in [0.05, 0.1) is 11.4 Å². The zero-order valence-corrected chi connectivity index (χ0v) is 24.2. The molecule has 208 valence electrons. The van der Waals surface area contributed by atoms with Crippen LogP contribution in [0.5, 0.6) is 0 Å². The van der Waals surface area contributed by atoms with Crippen LogP contribution in [0.25, 0.3) is 56.2 Å². The Morgan fingerprint density at radius 3 is 1.59 bits per heavy atom. The highest BCUT2D eigenvalue weighted by Gasteiger charge is 2.27. The normalized spacial score (nSPS) is 12.4. The maximum Gasteiger partial charge on any atom is 0.227 e. The second-order valence-corrected chi connectivity index (χ2v) is 11.8. The van der Waals surface area contributed by atoms with E-state index in [2.05, 4.69) is 89.8 Å². The quantitative estimate of drug-likeness (QED) is 0.205. The van der Waals surface area contributed by atoms with Crippen LogP contribution in [-0.4, -0.2) is 9.97 Å². The molecular formula is C38H23N3O2S. The Labute approximate surface area is 257 Å². The molecule has 0 bridgehead atoms. The Balaban J connectivity index is 1.20. The first-order valence-corrected chi connectivity index (χ1v) is 15.2. The van der Waals surface area contributed by atoms with Gasteiger partial charge >= 0.3 is 0 Å². The second kappa shape index (κ2) is 10.0. The molecule has 0 fully saturated rings. The van der Waals surface area contributed by atoms with Crippen LogP contribution in [0.1, 0.15) is 0 Å². The molecule has 6 aromatic carbocycles. The van der Waals surface area contributed by atoms with Crippen molar-refractivity contribution in [2.24, 2.45) is 0 Å². The van der Waals surface area contributed by atoms with Crippen molar-refractivity contribution in [1.29, 1.82) is 0 Å². The minimum absolute atomic E-state index is 0.609. The van der Waals surface area contributed by atoms with Gasteiger partial charge in [-0.15, -0.1) is 0 Å². The number of benzene rings is 6. The third-order valence-corrected chi connectivity index (χ3v) is 9.01. The molecule has 0 N–H and O–H groups in total. The van der Waals surface area contributed by atoms with E-state index in [0.29, 0.717) is 11.8 Å². The first-order valence-electron chi connectivity index (χ1n) is 14.4. The van der Waals surface area contributed by atoms with Gasteiger partial charge in [-0.3, -0.25) is 0 Å². The predicted molar refractivity (Wildman–Crippen MR) is 177 cm³/mol. The Hall–Kier alpha value is -5.59. The zero-order valence-electron chi connectivity index (χ0n) is 23.3. The van der Waals surface area contributed by atoms with Gasteiger partial charge in [0.25, 0.3) is 0 Å². The highest BCUT2D eigenvalue weighted by molar-refractivity contribution is 7.99. The van der Waals surface area contributed by atoms with E-state index in [1.165, 1.54) is 5.56 Å². The minimum Gasteiger partial charge on any atom is -0.436 e. The molecule has 0 unspecified atom stereocenters. The lowest BCUT2D eigenvalue weighted by molar-refractivity contribution is 0.619. The number of nitrogens with zero attached hydrogens (tertiary/aromatic N) is 3. The summed E-state index contributed by atoms with van der Waals surface area (Å²) in [4.78, 5) is 14.1. The molecule has 1 aliphatic heterocycles. The van der Waals surface area contributed by atoms with Gasteiger partial charge in [0.15, 0.2) is 11.2 Å². The minimum atomic E-state index is 0.609. The van der Waals surface area contributed by atoms with E-state index in [-0.39, 0.29) is 0 Å². The fourth-order valence-corrected chi connectivity index (χ4v) is 6.94. The third-order valence-electron chi connectivity index (χ3n) is 7.91. The molecule has 44 heavy (non-hydrogen) atoms.